The number of urea groups is 1. The van der Waals surface area contributed by atoms with E-state index in [2.05, 4.69) is 5.32 Å². The molecule has 1 aliphatic heterocycles. The van der Waals surface area contributed by atoms with Crippen molar-refractivity contribution in [1.29, 1.82) is 0 Å². The van der Waals surface area contributed by atoms with Gasteiger partial charge in [0.2, 0.25) is 5.91 Å². The zero-order chi connectivity index (χ0) is 19.4. The van der Waals surface area contributed by atoms with Crippen LogP contribution < -0.4 is 19.7 Å². The van der Waals surface area contributed by atoms with E-state index in [-0.39, 0.29) is 18.5 Å². The number of nitrogens with one attached hydrogen (secondary N) is 1. The summed E-state index contributed by atoms with van der Waals surface area (Å²) < 4.78 is 10.4. The summed E-state index contributed by atoms with van der Waals surface area (Å²) >= 11 is 6.00. The number of ether oxygens (including phenoxy) is 2. The van der Waals surface area contributed by atoms with Crippen LogP contribution in [0.3, 0.4) is 0 Å². The van der Waals surface area contributed by atoms with Crippen LogP contribution in [0.25, 0.3) is 0 Å². The molecule has 2 aromatic carbocycles. The Hall–Kier alpha value is -2.93. The third-order valence-corrected chi connectivity index (χ3v) is 4.47. The van der Waals surface area contributed by atoms with Gasteiger partial charge in [0.15, 0.2) is 0 Å². The van der Waals surface area contributed by atoms with E-state index in [1.165, 1.54) is 12.0 Å². The van der Waals surface area contributed by atoms with Gasteiger partial charge >= 0.3 is 6.03 Å². The fourth-order valence-electron chi connectivity index (χ4n) is 2.89. The molecule has 1 fully saturated rings. The average Bonchev–Trinajstić information content (AvgIpc) is 3.02. The van der Waals surface area contributed by atoms with Crippen molar-refractivity contribution in [1.82, 2.24) is 4.90 Å². The summed E-state index contributed by atoms with van der Waals surface area (Å²) in [5.74, 6) is 0.788. The maximum absolute atomic E-state index is 12.6. The Kier molecular flexibility index (Phi) is 5.71. The molecule has 3 amide bonds. The number of benzene rings is 2. The molecule has 1 heterocycles. The molecule has 0 saturated carbocycles. The smallest absolute Gasteiger partial charge is 0.325 e. The number of carbonyl (C=O) groups excluding carboxylic acids is 2. The highest BCUT2D eigenvalue weighted by atomic mass is 35.5. The highest BCUT2D eigenvalue weighted by Crippen LogP contribution is 2.29. The number of nitrogens with zero attached hydrogens (tertiary/aromatic N) is 2. The van der Waals surface area contributed by atoms with Gasteiger partial charge in [-0.3, -0.25) is 9.69 Å². The zero-order valence-electron chi connectivity index (χ0n) is 15.1. The molecule has 1 saturated heterocycles. The molecule has 3 rings (SSSR count). The largest absolute Gasteiger partial charge is 0.497 e. The molecule has 27 heavy (non-hydrogen) atoms. The van der Waals surface area contributed by atoms with Crippen LogP contribution in [0.5, 0.6) is 11.5 Å². The topological polar surface area (TPSA) is 71.1 Å². The first-order chi connectivity index (χ1) is 13.0. The summed E-state index contributed by atoms with van der Waals surface area (Å²) in [5.41, 5.74) is 1.20. The van der Waals surface area contributed by atoms with Crippen LogP contribution in [0.4, 0.5) is 16.2 Å². The number of anilines is 2. The maximum Gasteiger partial charge on any atom is 0.325 e. The standard InChI is InChI=1S/C19H20ClN3O4/c1-26-15-6-7-17(27-2)16(11-15)21-18(24)12-22-8-9-23(19(22)25)14-5-3-4-13(20)10-14/h3-7,10-11H,8-9,12H2,1-2H3,(H,21,24). The van der Waals surface area contributed by atoms with Crippen molar-refractivity contribution in [3.05, 3.63) is 47.5 Å². The summed E-state index contributed by atoms with van der Waals surface area (Å²) in [5, 5.41) is 3.33. The third-order valence-electron chi connectivity index (χ3n) is 4.23. The molecule has 1 aliphatic rings. The van der Waals surface area contributed by atoms with Crippen molar-refractivity contribution in [3.8, 4) is 11.5 Å². The number of hydrogen-bond acceptors (Lipinski definition) is 4. The van der Waals surface area contributed by atoms with Crippen LogP contribution in [0.15, 0.2) is 42.5 Å². The van der Waals surface area contributed by atoms with Crippen LogP contribution in [-0.2, 0) is 4.79 Å². The van der Waals surface area contributed by atoms with Crippen molar-refractivity contribution < 1.29 is 19.1 Å². The maximum atomic E-state index is 12.6. The molecule has 2 aromatic rings. The van der Waals surface area contributed by atoms with Gasteiger partial charge in [-0.05, 0) is 30.3 Å². The molecule has 142 valence electrons. The summed E-state index contributed by atoms with van der Waals surface area (Å²) in [7, 11) is 3.06. The Labute approximate surface area is 162 Å². The second kappa shape index (κ2) is 8.18. The Morgan fingerprint density at radius 3 is 2.67 bits per heavy atom. The van der Waals surface area contributed by atoms with E-state index in [9.17, 15) is 9.59 Å². The Bertz CT molecular complexity index is 859. The number of halogens is 1. The van der Waals surface area contributed by atoms with Gasteiger partial charge in [-0.2, -0.15) is 0 Å². The lowest BCUT2D eigenvalue weighted by molar-refractivity contribution is -0.116. The molecule has 7 nitrogen and oxygen atoms in total. The highest BCUT2D eigenvalue weighted by molar-refractivity contribution is 6.30. The van der Waals surface area contributed by atoms with E-state index < -0.39 is 0 Å². The lowest BCUT2D eigenvalue weighted by Crippen LogP contribution is -2.37. The number of hydrogen-bond donors (Lipinski definition) is 1. The second-order valence-electron chi connectivity index (χ2n) is 5.95. The molecule has 0 unspecified atom stereocenters. The summed E-state index contributed by atoms with van der Waals surface area (Å²) in [4.78, 5) is 28.1. The quantitative estimate of drug-likeness (QED) is 0.823. The lowest BCUT2D eigenvalue weighted by atomic mass is 10.2. The Balaban J connectivity index is 1.66. The van der Waals surface area contributed by atoms with Gasteiger partial charge in [0.25, 0.3) is 0 Å². The Morgan fingerprint density at radius 1 is 1.15 bits per heavy atom. The SMILES string of the molecule is COc1ccc(OC)c(NC(=O)CN2CCN(c3cccc(Cl)c3)C2=O)c1. The van der Waals surface area contributed by atoms with Crippen LogP contribution >= 0.6 is 11.6 Å². The number of amides is 3. The molecular formula is C19H20ClN3O4. The van der Waals surface area contributed by atoms with E-state index in [1.807, 2.05) is 6.07 Å². The molecule has 0 spiro atoms. The van der Waals surface area contributed by atoms with E-state index >= 15 is 0 Å². The van der Waals surface area contributed by atoms with Gasteiger partial charge < -0.3 is 19.7 Å². The molecule has 0 bridgehead atoms. The minimum Gasteiger partial charge on any atom is -0.497 e. The molecule has 1 N–H and O–H groups in total. The van der Waals surface area contributed by atoms with Crippen molar-refractivity contribution in [2.24, 2.45) is 0 Å². The van der Waals surface area contributed by atoms with Gasteiger partial charge in [-0.1, -0.05) is 17.7 Å². The van der Waals surface area contributed by atoms with E-state index in [0.29, 0.717) is 41.0 Å². The Morgan fingerprint density at radius 2 is 1.96 bits per heavy atom. The number of methoxy groups -OCH3 is 2. The summed E-state index contributed by atoms with van der Waals surface area (Å²) in [6.45, 7) is 0.888. The summed E-state index contributed by atoms with van der Waals surface area (Å²) in [6, 6.07) is 12.0. The van der Waals surface area contributed by atoms with Gasteiger partial charge in [0.05, 0.1) is 19.9 Å². The highest BCUT2D eigenvalue weighted by Gasteiger charge is 2.31. The summed E-state index contributed by atoms with van der Waals surface area (Å²) in [6.07, 6.45) is 0. The van der Waals surface area contributed by atoms with E-state index in [0.717, 1.165) is 0 Å². The van der Waals surface area contributed by atoms with Crippen molar-refractivity contribution >= 4 is 34.9 Å². The number of carbonyl (C=O) groups is 2. The fourth-order valence-corrected chi connectivity index (χ4v) is 3.07. The molecule has 0 atom stereocenters. The van der Waals surface area contributed by atoms with Crippen molar-refractivity contribution in [3.63, 3.8) is 0 Å². The molecule has 8 heteroatoms. The van der Waals surface area contributed by atoms with Gasteiger partial charge in [-0.15, -0.1) is 0 Å². The minimum absolute atomic E-state index is 0.0593. The predicted molar refractivity (Wildman–Crippen MR) is 104 cm³/mol. The second-order valence-corrected chi connectivity index (χ2v) is 6.39. The van der Waals surface area contributed by atoms with Crippen molar-refractivity contribution in [2.45, 2.75) is 0 Å². The van der Waals surface area contributed by atoms with E-state index in [4.69, 9.17) is 21.1 Å². The lowest BCUT2D eigenvalue weighted by Gasteiger charge is -2.19. The van der Waals surface area contributed by atoms with Gasteiger partial charge in [-0.25, -0.2) is 4.79 Å². The first kappa shape index (κ1) is 18.8. The third kappa shape index (κ3) is 4.25. The molecule has 0 aromatic heterocycles. The fraction of sp³-hybridized carbons (Fsp3) is 0.263. The first-order valence-electron chi connectivity index (χ1n) is 8.35. The first-order valence-corrected chi connectivity index (χ1v) is 8.73. The van der Waals surface area contributed by atoms with E-state index in [1.54, 1.807) is 48.4 Å². The average molecular weight is 390 g/mol. The van der Waals surface area contributed by atoms with Gasteiger partial charge in [0.1, 0.15) is 18.0 Å². The monoisotopic (exact) mass is 389 g/mol. The molecule has 0 aliphatic carbocycles. The predicted octanol–water partition coefficient (Wildman–Crippen LogP) is 3.24. The molecule has 0 radical (unpaired) electrons. The van der Waals surface area contributed by atoms with Crippen LogP contribution in [0.2, 0.25) is 5.02 Å². The van der Waals surface area contributed by atoms with Crippen LogP contribution in [-0.4, -0.2) is 50.7 Å². The van der Waals surface area contributed by atoms with Crippen molar-refractivity contribution in [2.75, 3.05) is 44.1 Å². The zero-order valence-corrected chi connectivity index (χ0v) is 15.8. The van der Waals surface area contributed by atoms with Crippen LogP contribution in [0.1, 0.15) is 0 Å². The number of rotatable bonds is 6. The minimum atomic E-state index is -0.317. The molecular weight excluding hydrogens is 370 g/mol. The van der Waals surface area contributed by atoms with Crippen LogP contribution in [0, 0.1) is 0 Å². The normalized spacial score (nSPS) is 13.7. The van der Waals surface area contributed by atoms with Gasteiger partial charge in [0, 0.05) is 29.9 Å².